The van der Waals surface area contributed by atoms with Gasteiger partial charge in [0.2, 0.25) is 0 Å². The van der Waals surface area contributed by atoms with Gasteiger partial charge in [-0.3, -0.25) is 0 Å². The molecule has 0 aromatic carbocycles. The lowest BCUT2D eigenvalue weighted by atomic mass is 10.0. The topological polar surface area (TPSA) is 25.8 Å². The molecule has 0 bridgehead atoms. The number of unbranched alkanes of at least 4 members (excludes halogenated alkanes) is 13. The summed E-state index contributed by atoms with van der Waals surface area (Å²) in [6.45, 7) is 2.28. The van der Waals surface area contributed by atoms with Crippen LogP contribution in [-0.4, -0.2) is 9.97 Å². The molecule has 132 valence electrons. The standard InChI is InChI=1S/C20H35ClN2/c1-2-3-4-5-6-7-8-9-10-11-12-13-14-15-16-20-22-18-17-19(21)23-20/h17-18H,2-16H2,1H3. The van der Waals surface area contributed by atoms with Crippen LogP contribution in [0.25, 0.3) is 0 Å². The second-order valence-electron chi connectivity index (χ2n) is 6.64. The van der Waals surface area contributed by atoms with Gasteiger partial charge >= 0.3 is 0 Å². The lowest BCUT2D eigenvalue weighted by Gasteiger charge is -2.03. The van der Waals surface area contributed by atoms with E-state index in [9.17, 15) is 0 Å². The van der Waals surface area contributed by atoms with Crippen LogP contribution in [-0.2, 0) is 6.42 Å². The Bertz CT molecular complexity index is 382. The second-order valence-corrected chi connectivity index (χ2v) is 7.03. The Balaban J connectivity index is 1.78. The number of nitrogens with zero attached hydrogens (tertiary/aromatic N) is 2. The van der Waals surface area contributed by atoms with E-state index in [0.717, 1.165) is 12.2 Å². The van der Waals surface area contributed by atoms with Crippen molar-refractivity contribution in [2.24, 2.45) is 0 Å². The molecule has 0 aliphatic heterocycles. The van der Waals surface area contributed by atoms with Gasteiger partial charge in [-0.05, 0) is 12.5 Å². The van der Waals surface area contributed by atoms with Gasteiger partial charge in [-0.25, -0.2) is 9.97 Å². The van der Waals surface area contributed by atoms with Crippen LogP contribution >= 0.6 is 11.6 Å². The van der Waals surface area contributed by atoms with Gasteiger partial charge in [0.05, 0.1) is 0 Å². The molecule has 1 rings (SSSR count). The van der Waals surface area contributed by atoms with Gasteiger partial charge in [0.25, 0.3) is 0 Å². The molecule has 23 heavy (non-hydrogen) atoms. The molecule has 0 aliphatic carbocycles. The van der Waals surface area contributed by atoms with E-state index in [-0.39, 0.29) is 0 Å². The van der Waals surface area contributed by atoms with Crippen LogP contribution in [0, 0.1) is 0 Å². The summed E-state index contributed by atoms with van der Waals surface area (Å²) in [5.41, 5.74) is 0. The first kappa shape index (κ1) is 20.4. The molecule has 3 heteroatoms. The van der Waals surface area contributed by atoms with Crippen molar-refractivity contribution in [3.05, 3.63) is 23.2 Å². The van der Waals surface area contributed by atoms with Gasteiger partial charge in [-0.2, -0.15) is 0 Å². The molecule has 0 saturated carbocycles. The lowest BCUT2D eigenvalue weighted by Crippen LogP contribution is -1.94. The van der Waals surface area contributed by atoms with Crippen LogP contribution in [0.2, 0.25) is 5.15 Å². The van der Waals surface area contributed by atoms with E-state index in [1.165, 1.54) is 89.9 Å². The van der Waals surface area contributed by atoms with Gasteiger partial charge in [0, 0.05) is 12.6 Å². The van der Waals surface area contributed by atoms with Gasteiger partial charge < -0.3 is 0 Å². The zero-order chi connectivity index (χ0) is 16.6. The highest BCUT2D eigenvalue weighted by atomic mass is 35.5. The van der Waals surface area contributed by atoms with Crippen LogP contribution in [0.5, 0.6) is 0 Å². The SMILES string of the molecule is CCCCCCCCCCCCCCCCc1nccc(Cl)n1. The molecule has 0 radical (unpaired) electrons. The minimum atomic E-state index is 0.556. The van der Waals surface area contributed by atoms with Crippen molar-refractivity contribution >= 4 is 11.6 Å². The molecule has 2 nitrogen and oxygen atoms in total. The molecule has 1 aromatic heterocycles. The van der Waals surface area contributed by atoms with Crippen molar-refractivity contribution in [3.8, 4) is 0 Å². The molecule has 0 fully saturated rings. The molecule has 0 unspecified atom stereocenters. The summed E-state index contributed by atoms with van der Waals surface area (Å²) < 4.78 is 0. The third kappa shape index (κ3) is 12.5. The van der Waals surface area contributed by atoms with Crippen molar-refractivity contribution in [1.29, 1.82) is 0 Å². The average Bonchev–Trinajstić information content (AvgIpc) is 2.55. The van der Waals surface area contributed by atoms with Crippen LogP contribution in [0.15, 0.2) is 12.3 Å². The average molecular weight is 339 g/mol. The first-order valence-electron chi connectivity index (χ1n) is 9.80. The van der Waals surface area contributed by atoms with Crippen LogP contribution < -0.4 is 0 Å². The van der Waals surface area contributed by atoms with Crippen molar-refractivity contribution in [1.82, 2.24) is 9.97 Å². The highest BCUT2D eigenvalue weighted by Gasteiger charge is 1.98. The Morgan fingerprint density at radius 1 is 0.739 bits per heavy atom. The molecule has 0 aliphatic rings. The number of hydrogen-bond acceptors (Lipinski definition) is 2. The third-order valence-corrected chi connectivity index (χ3v) is 4.64. The van der Waals surface area contributed by atoms with E-state index in [4.69, 9.17) is 11.6 Å². The van der Waals surface area contributed by atoms with Crippen LogP contribution in [0.4, 0.5) is 0 Å². The van der Waals surface area contributed by atoms with Gasteiger partial charge in [-0.1, -0.05) is 102 Å². The zero-order valence-electron chi connectivity index (χ0n) is 15.0. The van der Waals surface area contributed by atoms with E-state index in [2.05, 4.69) is 16.9 Å². The van der Waals surface area contributed by atoms with Gasteiger partial charge in [0.15, 0.2) is 0 Å². The molecular weight excluding hydrogens is 304 g/mol. The summed E-state index contributed by atoms with van der Waals surface area (Å²) >= 11 is 5.86. The van der Waals surface area contributed by atoms with E-state index >= 15 is 0 Å². The molecule has 1 aromatic rings. The number of aromatic nitrogens is 2. The van der Waals surface area contributed by atoms with Crippen molar-refractivity contribution in [2.45, 2.75) is 103 Å². The van der Waals surface area contributed by atoms with E-state index in [0.29, 0.717) is 5.15 Å². The summed E-state index contributed by atoms with van der Waals surface area (Å²) in [4.78, 5) is 8.47. The maximum atomic E-state index is 5.86. The molecule has 0 amide bonds. The smallest absolute Gasteiger partial charge is 0.132 e. The molecule has 0 saturated heterocycles. The number of aryl methyl sites for hydroxylation is 1. The minimum Gasteiger partial charge on any atom is -0.241 e. The summed E-state index contributed by atoms with van der Waals surface area (Å²) in [7, 11) is 0. The zero-order valence-corrected chi connectivity index (χ0v) is 15.8. The highest BCUT2D eigenvalue weighted by molar-refractivity contribution is 6.29. The largest absolute Gasteiger partial charge is 0.241 e. The predicted molar refractivity (Wildman–Crippen MR) is 101 cm³/mol. The lowest BCUT2D eigenvalue weighted by molar-refractivity contribution is 0.534. The number of rotatable bonds is 15. The molecule has 1 heterocycles. The first-order chi connectivity index (χ1) is 11.3. The van der Waals surface area contributed by atoms with Crippen LogP contribution in [0.3, 0.4) is 0 Å². The van der Waals surface area contributed by atoms with Gasteiger partial charge in [0.1, 0.15) is 11.0 Å². The maximum absolute atomic E-state index is 5.86. The Morgan fingerprint density at radius 3 is 1.70 bits per heavy atom. The molecule has 0 spiro atoms. The van der Waals surface area contributed by atoms with Gasteiger partial charge in [-0.15, -0.1) is 0 Å². The number of halogens is 1. The molecule has 0 atom stereocenters. The second kappa shape index (κ2) is 14.9. The molecular formula is C20H35ClN2. The normalized spacial score (nSPS) is 11.0. The fourth-order valence-electron chi connectivity index (χ4n) is 2.97. The first-order valence-corrected chi connectivity index (χ1v) is 10.2. The van der Waals surface area contributed by atoms with Crippen molar-refractivity contribution in [3.63, 3.8) is 0 Å². The monoisotopic (exact) mass is 338 g/mol. The Kier molecular flexibility index (Phi) is 13.3. The molecule has 0 N–H and O–H groups in total. The fraction of sp³-hybridized carbons (Fsp3) is 0.800. The fourth-order valence-corrected chi connectivity index (χ4v) is 3.13. The van der Waals surface area contributed by atoms with Crippen molar-refractivity contribution < 1.29 is 0 Å². The minimum absolute atomic E-state index is 0.556. The number of hydrogen-bond donors (Lipinski definition) is 0. The van der Waals surface area contributed by atoms with E-state index in [1.54, 1.807) is 12.3 Å². The van der Waals surface area contributed by atoms with Crippen molar-refractivity contribution in [2.75, 3.05) is 0 Å². The summed E-state index contributed by atoms with van der Waals surface area (Å²) in [6, 6.07) is 1.73. The highest BCUT2D eigenvalue weighted by Crippen LogP contribution is 2.13. The van der Waals surface area contributed by atoms with E-state index in [1.807, 2.05) is 0 Å². The maximum Gasteiger partial charge on any atom is 0.132 e. The quantitative estimate of drug-likeness (QED) is 0.250. The third-order valence-electron chi connectivity index (χ3n) is 4.43. The summed E-state index contributed by atoms with van der Waals surface area (Å²) in [5, 5.41) is 0.556. The Labute approximate surface area is 148 Å². The predicted octanol–water partition coefficient (Wildman–Crippen LogP) is 7.15. The Hall–Kier alpha value is -0.630. The summed E-state index contributed by atoms with van der Waals surface area (Å²) in [6.07, 6.45) is 22.2. The Morgan fingerprint density at radius 2 is 1.22 bits per heavy atom. The van der Waals surface area contributed by atoms with Crippen LogP contribution in [0.1, 0.15) is 103 Å². The summed E-state index contributed by atoms with van der Waals surface area (Å²) in [5.74, 6) is 0.886. The van der Waals surface area contributed by atoms with E-state index < -0.39 is 0 Å².